The van der Waals surface area contributed by atoms with Crippen LogP contribution in [0.15, 0.2) is 28.7 Å². The molecule has 1 aliphatic rings. The van der Waals surface area contributed by atoms with E-state index in [0.29, 0.717) is 12.5 Å². The third-order valence-electron chi connectivity index (χ3n) is 4.24. The van der Waals surface area contributed by atoms with Crippen molar-refractivity contribution >= 4 is 21.7 Å². The van der Waals surface area contributed by atoms with Gasteiger partial charge in [0.15, 0.2) is 5.78 Å². The minimum atomic E-state index is 0.206. The molecule has 1 aromatic carbocycles. The number of hydrogen-bond donors (Lipinski definition) is 1. The van der Waals surface area contributed by atoms with Crippen LogP contribution < -0.4 is 0 Å². The van der Waals surface area contributed by atoms with Gasteiger partial charge in [-0.1, -0.05) is 40.9 Å². The van der Waals surface area contributed by atoms with Gasteiger partial charge in [0.25, 0.3) is 0 Å². The number of Topliss-reactive ketones (excluding diaryl/α,β-unsaturated/α-hetero) is 1. The third kappa shape index (κ3) is 5.20. The van der Waals surface area contributed by atoms with Crippen molar-refractivity contribution in [3.8, 4) is 0 Å². The number of hydrogen-bond acceptors (Lipinski definition) is 3. The van der Waals surface area contributed by atoms with E-state index in [-0.39, 0.29) is 12.4 Å². The fourth-order valence-electron chi connectivity index (χ4n) is 3.10. The van der Waals surface area contributed by atoms with Crippen molar-refractivity contribution in [1.82, 2.24) is 4.90 Å². The molecule has 116 valence electrons. The zero-order valence-electron chi connectivity index (χ0n) is 12.4. The number of carbonyl (C=O) groups excluding carboxylic acids is 1. The summed E-state index contributed by atoms with van der Waals surface area (Å²) in [5.74, 6) is 0.206. The second-order valence-corrected chi connectivity index (χ2v) is 6.65. The Morgan fingerprint density at radius 3 is 2.48 bits per heavy atom. The number of aliphatic hydroxyl groups is 1. The molecule has 0 spiro atoms. The van der Waals surface area contributed by atoms with Crippen molar-refractivity contribution < 1.29 is 9.90 Å². The van der Waals surface area contributed by atoms with Crippen molar-refractivity contribution in [3.63, 3.8) is 0 Å². The van der Waals surface area contributed by atoms with E-state index in [9.17, 15) is 9.90 Å². The summed E-state index contributed by atoms with van der Waals surface area (Å²) in [6.45, 7) is 1.85. The maximum Gasteiger partial charge on any atom is 0.162 e. The molecule has 1 saturated carbocycles. The van der Waals surface area contributed by atoms with E-state index in [1.165, 1.54) is 25.7 Å². The molecule has 0 unspecified atom stereocenters. The highest BCUT2D eigenvalue weighted by Gasteiger charge is 2.21. The van der Waals surface area contributed by atoms with Gasteiger partial charge in [-0.05, 0) is 37.9 Å². The molecular weight excluding hydrogens is 330 g/mol. The van der Waals surface area contributed by atoms with Crippen LogP contribution in [0.3, 0.4) is 0 Å². The lowest BCUT2D eigenvalue weighted by atomic mass is 10.1. The Morgan fingerprint density at radius 1 is 1.19 bits per heavy atom. The Kier molecular flexibility index (Phi) is 6.87. The van der Waals surface area contributed by atoms with Gasteiger partial charge < -0.3 is 5.11 Å². The van der Waals surface area contributed by atoms with E-state index in [0.717, 1.165) is 29.5 Å². The second-order valence-electron chi connectivity index (χ2n) is 5.73. The lowest BCUT2D eigenvalue weighted by Crippen LogP contribution is -2.36. The number of carbonyl (C=O) groups is 1. The van der Waals surface area contributed by atoms with Gasteiger partial charge >= 0.3 is 0 Å². The predicted octanol–water partition coefficient (Wildman–Crippen LogP) is 3.65. The van der Waals surface area contributed by atoms with Crippen LogP contribution in [-0.2, 0) is 0 Å². The Bertz CT molecular complexity index is 441. The Morgan fingerprint density at radius 2 is 1.86 bits per heavy atom. The van der Waals surface area contributed by atoms with Crippen LogP contribution in [0.4, 0.5) is 0 Å². The average molecular weight is 354 g/mol. The molecule has 0 amide bonds. The largest absolute Gasteiger partial charge is 0.395 e. The second kappa shape index (κ2) is 8.66. The summed E-state index contributed by atoms with van der Waals surface area (Å²) in [6, 6.07) is 8.16. The molecular formula is C17H24BrNO2. The number of aliphatic hydroxyl groups excluding tert-OH is 1. The molecule has 1 aromatic rings. The number of halogens is 1. The first-order chi connectivity index (χ1) is 10.2. The standard InChI is InChI=1S/C17H24BrNO2/c18-15-9-7-14(8-10-15)17(21)6-3-11-19(12-13-20)16-4-1-2-5-16/h7-10,16,20H,1-6,11-13H2. The molecule has 1 aliphatic carbocycles. The van der Waals surface area contributed by atoms with Crippen molar-refractivity contribution in [3.05, 3.63) is 34.3 Å². The molecule has 2 rings (SSSR count). The fraction of sp³-hybridized carbons (Fsp3) is 0.588. The Hall–Kier alpha value is -0.710. The average Bonchev–Trinajstić information content (AvgIpc) is 3.01. The van der Waals surface area contributed by atoms with Crippen molar-refractivity contribution in [2.45, 2.75) is 44.6 Å². The van der Waals surface area contributed by atoms with Gasteiger partial charge in [-0.25, -0.2) is 0 Å². The normalized spacial score (nSPS) is 15.8. The zero-order valence-corrected chi connectivity index (χ0v) is 14.0. The topological polar surface area (TPSA) is 40.5 Å². The SMILES string of the molecule is O=C(CCCN(CCO)C1CCCC1)c1ccc(Br)cc1. The highest BCUT2D eigenvalue weighted by molar-refractivity contribution is 9.10. The summed E-state index contributed by atoms with van der Waals surface area (Å²) in [5.41, 5.74) is 0.785. The highest BCUT2D eigenvalue weighted by atomic mass is 79.9. The van der Waals surface area contributed by atoms with E-state index in [1.54, 1.807) is 0 Å². The molecule has 1 N–H and O–H groups in total. The van der Waals surface area contributed by atoms with Gasteiger partial charge in [0.2, 0.25) is 0 Å². The molecule has 0 heterocycles. The van der Waals surface area contributed by atoms with Crippen molar-refractivity contribution in [1.29, 1.82) is 0 Å². The maximum atomic E-state index is 12.1. The van der Waals surface area contributed by atoms with E-state index >= 15 is 0 Å². The third-order valence-corrected chi connectivity index (χ3v) is 4.77. The molecule has 0 aliphatic heterocycles. The van der Waals surface area contributed by atoms with Gasteiger partial charge in [-0.15, -0.1) is 0 Å². The first-order valence-electron chi connectivity index (χ1n) is 7.84. The molecule has 0 saturated heterocycles. The summed E-state index contributed by atoms with van der Waals surface area (Å²) in [5, 5.41) is 9.20. The van der Waals surface area contributed by atoms with E-state index < -0.39 is 0 Å². The Labute approximate surface area is 135 Å². The molecule has 0 atom stereocenters. The summed E-state index contributed by atoms with van der Waals surface area (Å²) in [6.07, 6.45) is 6.51. The molecule has 1 fully saturated rings. The maximum absolute atomic E-state index is 12.1. The van der Waals surface area contributed by atoms with Crippen LogP contribution in [0.2, 0.25) is 0 Å². The Balaban J connectivity index is 1.78. The highest BCUT2D eigenvalue weighted by Crippen LogP contribution is 2.23. The van der Waals surface area contributed by atoms with E-state index in [4.69, 9.17) is 0 Å². The van der Waals surface area contributed by atoms with Crippen LogP contribution in [0.1, 0.15) is 48.9 Å². The van der Waals surface area contributed by atoms with Crippen LogP contribution in [0, 0.1) is 0 Å². The molecule has 0 radical (unpaired) electrons. The van der Waals surface area contributed by atoms with Crippen molar-refractivity contribution in [2.75, 3.05) is 19.7 Å². The molecule has 4 heteroatoms. The van der Waals surface area contributed by atoms with Crippen LogP contribution in [-0.4, -0.2) is 41.5 Å². The molecule has 0 aromatic heterocycles. The van der Waals surface area contributed by atoms with Crippen LogP contribution >= 0.6 is 15.9 Å². The lowest BCUT2D eigenvalue weighted by Gasteiger charge is -2.27. The number of benzene rings is 1. The van der Waals surface area contributed by atoms with E-state index in [2.05, 4.69) is 20.8 Å². The van der Waals surface area contributed by atoms with Crippen molar-refractivity contribution in [2.24, 2.45) is 0 Å². The van der Waals surface area contributed by atoms with Crippen LogP contribution in [0.25, 0.3) is 0 Å². The van der Waals surface area contributed by atoms with Gasteiger partial charge in [0, 0.05) is 29.0 Å². The summed E-state index contributed by atoms with van der Waals surface area (Å²) < 4.78 is 0.995. The number of ketones is 1. The quantitative estimate of drug-likeness (QED) is 0.725. The van der Waals surface area contributed by atoms with Gasteiger partial charge in [-0.2, -0.15) is 0 Å². The fourth-order valence-corrected chi connectivity index (χ4v) is 3.36. The van der Waals surface area contributed by atoms with Crippen LogP contribution in [0.5, 0.6) is 0 Å². The monoisotopic (exact) mass is 353 g/mol. The zero-order chi connectivity index (χ0) is 15.1. The first kappa shape index (κ1) is 16.7. The minimum absolute atomic E-state index is 0.206. The summed E-state index contributed by atoms with van der Waals surface area (Å²) in [4.78, 5) is 14.5. The molecule has 3 nitrogen and oxygen atoms in total. The molecule has 21 heavy (non-hydrogen) atoms. The summed E-state index contributed by atoms with van der Waals surface area (Å²) in [7, 11) is 0. The van der Waals surface area contributed by atoms with Gasteiger partial charge in [-0.3, -0.25) is 9.69 Å². The van der Waals surface area contributed by atoms with Gasteiger partial charge in [0.05, 0.1) is 6.61 Å². The van der Waals surface area contributed by atoms with Gasteiger partial charge in [0.1, 0.15) is 0 Å². The number of nitrogens with zero attached hydrogens (tertiary/aromatic N) is 1. The smallest absolute Gasteiger partial charge is 0.162 e. The minimum Gasteiger partial charge on any atom is -0.395 e. The lowest BCUT2D eigenvalue weighted by molar-refractivity contribution is 0.0965. The summed E-state index contributed by atoms with van der Waals surface area (Å²) >= 11 is 3.38. The number of rotatable bonds is 8. The first-order valence-corrected chi connectivity index (χ1v) is 8.63. The predicted molar refractivity (Wildman–Crippen MR) is 88.6 cm³/mol. The van der Waals surface area contributed by atoms with E-state index in [1.807, 2.05) is 24.3 Å². The molecule has 0 bridgehead atoms.